The Morgan fingerprint density at radius 2 is 2.14 bits per heavy atom. The number of halogens is 1. The van der Waals surface area contributed by atoms with Crippen LogP contribution in [0.25, 0.3) is 33.3 Å². The molecule has 0 atom stereocenters. The molecule has 1 aromatic carbocycles. The lowest BCUT2D eigenvalue weighted by Crippen LogP contribution is -2.15. The van der Waals surface area contributed by atoms with Gasteiger partial charge in [-0.25, -0.2) is 4.98 Å². The molecule has 0 amide bonds. The molecule has 0 aliphatic heterocycles. The predicted molar refractivity (Wildman–Crippen MR) is 140 cm³/mol. The van der Waals surface area contributed by atoms with E-state index >= 15 is 0 Å². The van der Waals surface area contributed by atoms with E-state index in [0.717, 1.165) is 53.3 Å². The topological polar surface area (TPSA) is 136 Å². The number of H-pyrrole nitrogens is 1. The average molecular weight is 510 g/mol. The maximum atomic E-state index is 6.42. The second-order valence-corrected chi connectivity index (χ2v) is 8.95. The quantitative estimate of drug-likeness (QED) is 0.214. The summed E-state index contributed by atoms with van der Waals surface area (Å²) in [6, 6.07) is 5.91. The lowest BCUT2D eigenvalue weighted by atomic mass is 10.1. The Morgan fingerprint density at radius 3 is 2.92 bits per heavy atom. The van der Waals surface area contributed by atoms with Crippen LogP contribution in [0.5, 0.6) is 5.88 Å². The smallest absolute Gasteiger partial charge is 0.232 e. The normalized spacial score (nSPS) is 15.3. The first-order chi connectivity index (χ1) is 17.6. The van der Waals surface area contributed by atoms with Gasteiger partial charge in [0, 0.05) is 32.0 Å². The summed E-state index contributed by atoms with van der Waals surface area (Å²) in [6.45, 7) is 2.68. The molecule has 1 saturated carbocycles. The summed E-state index contributed by atoms with van der Waals surface area (Å²) in [7, 11) is 1.60. The number of aliphatic imine (C=N–C) groups is 1. The Morgan fingerprint density at radius 1 is 1.31 bits per heavy atom. The summed E-state index contributed by atoms with van der Waals surface area (Å²) in [5.41, 5.74) is 10.2. The largest absolute Gasteiger partial charge is 0.474 e. The summed E-state index contributed by atoms with van der Waals surface area (Å²) in [5.74, 6) is 1.41. The molecule has 188 valence electrons. The molecule has 0 spiro atoms. The van der Waals surface area contributed by atoms with Crippen molar-refractivity contribution in [3.63, 3.8) is 0 Å². The Balaban J connectivity index is 1.54. The van der Waals surface area contributed by atoms with E-state index in [2.05, 4.69) is 25.3 Å². The first-order valence-electron chi connectivity index (χ1n) is 11.9. The Hall–Kier alpha value is -3.63. The number of aromatic nitrogens is 4. The molecule has 0 unspecified atom stereocenters. The van der Waals surface area contributed by atoms with Gasteiger partial charge in [0.05, 0.1) is 24.2 Å². The van der Waals surface area contributed by atoms with Gasteiger partial charge in [-0.1, -0.05) is 17.7 Å². The zero-order valence-electron chi connectivity index (χ0n) is 20.2. The van der Waals surface area contributed by atoms with E-state index in [9.17, 15) is 0 Å². The van der Waals surface area contributed by atoms with Crippen molar-refractivity contribution in [1.82, 2.24) is 19.9 Å². The second kappa shape index (κ2) is 10.5. The van der Waals surface area contributed by atoms with Gasteiger partial charge in [0.2, 0.25) is 11.8 Å². The SMILES string of the molecule is COCCN=C(Cl)C(=CN)Nc1nc(OC2CCCC2)c2c(-c3ccc4nc(C)oc4c3)c[nH]c2n1. The van der Waals surface area contributed by atoms with Crippen LogP contribution in [-0.4, -0.2) is 51.5 Å². The minimum Gasteiger partial charge on any atom is -0.474 e. The molecular formula is C25H28ClN7O3. The number of nitrogens with two attached hydrogens (primary N) is 1. The minimum atomic E-state index is 0.0989. The fourth-order valence-electron chi connectivity index (χ4n) is 4.34. The molecule has 4 N–H and O–H groups in total. The van der Waals surface area contributed by atoms with Gasteiger partial charge < -0.3 is 29.9 Å². The van der Waals surface area contributed by atoms with Crippen LogP contribution in [0.1, 0.15) is 31.6 Å². The van der Waals surface area contributed by atoms with Crippen molar-refractivity contribution in [3.05, 3.63) is 42.2 Å². The Bertz CT molecular complexity index is 1440. The number of anilines is 1. The molecule has 36 heavy (non-hydrogen) atoms. The summed E-state index contributed by atoms with van der Waals surface area (Å²) >= 11 is 6.34. The van der Waals surface area contributed by atoms with E-state index in [1.54, 1.807) is 7.11 Å². The van der Waals surface area contributed by atoms with Gasteiger partial charge in [0.15, 0.2) is 11.5 Å². The molecule has 10 nitrogen and oxygen atoms in total. The molecule has 1 fully saturated rings. The van der Waals surface area contributed by atoms with Gasteiger partial charge in [-0.15, -0.1) is 0 Å². The van der Waals surface area contributed by atoms with Gasteiger partial charge in [0.1, 0.15) is 22.4 Å². The number of nitrogens with zero attached hydrogens (tertiary/aromatic N) is 4. The Labute approximate surface area is 213 Å². The highest BCUT2D eigenvalue weighted by Gasteiger charge is 2.23. The summed E-state index contributed by atoms with van der Waals surface area (Å²) in [6.07, 6.45) is 7.58. The number of hydrogen-bond acceptors (Lipinski definition) is 9. The fourth-order valence-corrected chi connectivity index (χ4v) is 4.54. The van der Waals surface area contributed by atoms with Gasteiger partial charge in [-0.2, -0.15) is 9.97 Å². The zero-order valence-corrected chi connectivity index (χ0v) is 20.9. The van der Waals surface area contributed by atoms with E-state index < -0.39 is 0 Å². The number of methoxy groups -OCH3 is 1. The maximum Gasteiger partial charge on any atom is 0.232 e. The van der Waals surface area contributed by atoms with Gasteiger partial charge in [-0.3, -0.25) is 4.99 Å². The van der Waals surface area contributed by atoms with Crippen LogP contribution >= 0.6 is 11.6 Å². The number of fused-ring (bicyclic) bond motifs is 2. The van der Waals surface area contributed by atoms with Crippen molar-refractivity contribution in [2.45, 2.75) is 38.7 Å². The number of nitrogens with one attached hydrogen (secondary N) is 2. The average Bonchev–Trinajstić information content (AvgIpc) is 3.61. The molecule has 3 aromatic heterocycles. The number of oxazole rings is 1. The molecule has 11 heteroatoms. The maximum absolute atomic E-state index is 6.42. The van der Waals surface area contributed by atoms with Crippen molar-refractivity contribution < 1.29 is 13.9 Å². The van der Waals surface area contributed by atoms with Crippen LogP contribution < -0.4 is 15.8 Å². The van der Waals surface area contributed by atoms with Gasteiger partial charge in [0.25, 0.3) is 0 Å². The van der Waals surface area contributed by atoms with E-state index in [0.29, 0.717) is 42.2 Å². The van der Waals surface area contributed by atoms with Crippen molar-refractivity contribution in [2.24, 2.45) is 10.7 Å². The monoisotopic (exact) mass is 509 g/mol. The van der Waals surface area contributed by atoms with E-state index in [-0.39, 0.29) is 11.3 Å². The van der Waals surface area contributed by atoms with Crippen LogP contribution in [0.15, 0.2) is 45.7 Å². The molecule has 3 heterocycles. The summed E-state index contributed by atoms with van der Waals surface area (Å²) < 4.78 is 17.2. The Kier molecular flexibility index (Phi) is 7.06. The van der Waals surface area contributed by atoms with E-state index in [1.807, 2.05) is 31.3 Å². The third-order valence-corrected chi connectivity index (χ3v) is 6.39. The van der Waals surface area contributed by atoms with Crippen LogP contribution in [-0.2, 0) is 4.74 Å². The van der Waals surface area contributed by atoms with Crippen LogP contribution in [0.4, 0.5) is 5.95 Å². The standard InChI is InChI=1S/C25H28ClN7O3/c1-14-30-18-8-7-15(11-20(18)35-14)17-13-29-23-21(17)24(36-16-5-3-4-6-16)33-25(32-23)31-19(12-27)22(26)28-9-10-34-2/h7-8,11-13,16H,3-6,9-10,27H2,1-2H3,(H2,29,31,32,33). The molecule has 0 radical (unpaired) electrons. The number of benzene rings is 1. The molecule has 1 aliphatic rings. The van der Waals surface area contributed by atoms with Crippen molar-refractivity contribution in [2.75, 3.05) is 25.6 Å². The van der Waals surface area contributed by atoms with Crippen molar-refractivity contribution in [3.8, 4) is 17.0 Å². The lowest BCUT2D eigenvalue weighted by molar-refractivity contribution is 0.204. The van der Waals surface area contributed by atoms with Crippen molar-refractivity contribution >= 4 is 44.9 Å². The molecule has 0 bridgehead atoms. The third kappa shape index (κ3) is 5.00. The number of aryl methyl sites for hydroxylation is 1. The highest BCUT2D eigenvalue weighted by atomic mass is 35.5. The number of allylic oxidation sites excluding steroid dienone is 1. The van der Waals surface area contributed by atoms with Crippen molar-refractivity contribution in [1.29, 1.82) is 0 Å². The summed E-state index contributed by atoms with van der Waals surface area (Å²) in [4.78, 5) is 21.3. The highest BCUT2D eigenvalue weighted by molar-refractivity contribution is 6.69. The molecule has 1 aliphatic carbocycles. The van der Waals surface area contributed by atoms with Gasteiger partial charge >= 0.3 is 0 Å². The highest BCUT2D eigenvalue weighted by Crippen LogP contribution is 2.37. The molecule has 4 aromatic rings. The first kappa shape index (κ1) is 24.1. The van der Waals surface area contributed by atoms with Crippen LogP contribution in [0.2, 0.25) is 0 Å². The van der Waals surface area contributed by atoms with Crippen LogP contribution in [0.3, 0.4) is 0 Å². The molecular weight excluding hydrogens is 482 g/mol. The number of rotatable bonds is 9. The number of aromatic amines is 1. The lowest BCUT2D eigenvalue weighted by Gasteiger charge is -2.15. The van der Waals surface area contributed by atoms with Gasteiger partial charge in [-0.05, 0) is 43.4 Å². The first-order valence-corrected chi connectivity index (χ1v) is 12.2. The van der Waals surface area contributed by atoms with Crippen LogP contribution in [0, 0.1) is 6.92 Å². The summed E-state index contributed by atoms with van der Waals surface area (Å²) in [5, 5.41) is 4.08. The van der Waals surface area contributed by atoms with E-state index in [1.165, 1.54) is 6.20 Å². The zero-order chi connectivity index (χ0) is 25.1. The third-order valence-electron chi connectivity index (χ3n) is 6.07. The fraction of sp³-hybridized carbons (Fsp3) is 0.360. The molecule has 5 rings (SSSR count). The predicted octanol–water partition coefficient (Wildman–Crippen LogP) is 4.89. The minimum absolute atomic E-state index is 0.0989. The number of ether oxygens (including phenoxy) is 2. The van der Waals surface area contributed by atoms with E-state index in [4.69, 9.17) is 36.2 Å². The number of hydrogen-bond donors (Lipinski definition) is 3. The molecule has 0 saturated heterocycles. The second-order valence-electron chi connectivity index (χ2n) is 8.59.